The van der Waals surface area contributed by atoms with E-state index in [0.29, 0.717) is 35.1 Å². The maximum absolute atomic E-state index is 13.4. The highest BCUT2D eigenvalue weighted by Crippen LogP contribution is 2.26. The number of hydrogen-bond donors (Lipinski definition) is 0. The second-order valence-corrected chi connectivity index (χ2v) is 7.68. The van der Waals surface area contributed by atoms with Crippen molar-refractivity contribution in [2.45, 2.75) is 12.8 Å². The summed E-state index contributed by atoms with van der Waals surface area (Å²) in [5.74, 6) is -0.101. The number of ketones is 2. The molecule has 4 aromatic carbocycles. The standard InChI is InChI=1S/C28H20O2/c29-27-23-12-7-13-24(18-23)28(30)26-15-6-4-11-22(26)17-20-9-2-1-8-19(20)16-21-10-3-5-14-25(21)27/h1-15,18H,16-17H2. The van der Waals surface area contributed by atoms with Gasteiger partial charge >= 0.3 is 0 Å². The second-order valence-electron chi connectivity index (χ2n) is 7.68. The minimum Gasteiger partial charge on any atom is -0.289 e. The van der Waals surface area contributed by atoms with Gasteiger partial charge in [-0.3, -0.25) is 9.59 Å². The zero-order chi connectivity index (χ0) is 20.5. The van der Waals surface area contributed by atoms with Crippen molar-refractivity contribution in [2.75, 3.05) is 0 Å². The molecule has 4 aromatic rings. The fourth-order valence-electron chi connectivity index (χ4n) is 4.22. The van der Waals surface area contributed by atoms with Crippen LogP contribution in [0, 0.1) is 0 Å². The summed E-state index contributed by atoms with van der Waals surface area (Å²) in [6.45, 7) is 0. The Morgan fingerprint density at radius 3 is 1.30 bits per heavy atom. The van der Waals surface area contributed by atoms with Crippen LogP contribution >= 0.6 is 0 Å². The summed E-state index contributed by atoms with van der Waals surface area (Å²) in [7, 11) is 0. The molecule has 30 heavy (non-hydrogen) atoms. The van der Waals surface area contributed by atoms with Crippen LogP contribution in [0.5, 0.6) is 0 Å². The first-order valence-corrected chi connectivity index (χ1v) is 10.1. The molecule has 0 radical (unpaired) electrons. The molecule has 0 saturated carbocycles. The van der Waals surface area contributed by atoms with E-state index in [9.17, 15) is 9.59 Å². The molecule has 0 heterocycles. The SMILES string of the molecule is O=C1c2cccc(c2)C(=O)c2ccccc2Cc2ccccc2Cc2ccccc21. The molecule has 0 N–H and O–H groups in total. The third-order valence-electron chi connectivity index (χ3n) is 5.79. The third-order valence-corrected chi connectivity index (χ3v) is 5.79. The minimum absolute atomic E-state index is 0.0507. The first kappa shape index (κ1) is 18.3. The van der Waals surface area contributed by atoms with Crippen LogP contribution in [0.1, 0.15) is 54.1 Å². The van der Waals surface area contributed by atoms with Crippen LogP contribution in [0.3, 0.4) is 0 Å². The van der Waals surface area contributed by atoms with E-state index in [4.69, 9.17) is 0 Å². The molecule has 0 unspecified atom stereocenters. The van der Waals surface area contributed by atoms with Crippen LogP contribution in [0.15, 0.2) is 97.1 Å². The molecule has 2 nitrogen and oxygen atoms in total. The molecular weight excluding hydrogens is 368 g/mol. The van der Waals surface area contributed by atoms with Gasteiger partial charge in [0.2, 0.25) is 0 Å². The Morgan fingerprint density at radius 1 is 0.433 bits per heavy atom. The van der Waals surface area contributed by atoms with E-state index in [1.54, 1.807) is 24.3 Å². The molecule has 5 rings (SSSR count). The predicted octanol–water partition coefficient (Wildman–Crippen LogP) is 5.64. The number of fused-ring (bicyclic) bond motifs is 5. The van der Waals surface area contributed by atoms with Gasteiger partial charge in [-0.15, -0.1) is 0 Å². The first-order chi connectivity index (χ1) is 14.7. The Kier molecular flexibility index (Phi) is 4.61. The molecule has 2 heteroatoms. The van der Waals surface area contributed by atoms with Gasteiger partial charge in [0, 0.05) is 22.3 Å². The molecule has 0 fully saturated rings. The first-order valence-electron chi connectivity index (χ1n) is 10.1. The highest BCUT2D eigenvalue weighted by Gasteiger charge is 2.20. The van der Waals surface area contributed by atoms with Crippen LogP contribution < -0.4 is 0 Å². The molecule has 0 spiro atoms. The van der Waals surface area contributed by atoms with Gasteiger partial charge < -0.3 is 0 Å². The monoisotopic (exact) mass is 388 g/mol. The van der Waals surface area contributed by atoms with Crippen molar-refractivity contribution >= 4 is 11.6 Å². The van der Waals surface area contributed by atoms with Crippen LogP contribution in [-0.4, -0.2) is 11.6 Å². The number of rotatable bonds is 0. The summed E-state index contributed by atoms with van der Waals surface area (Å²) in [6, 6.07) is 30.9. The lowest BCUT2D eigenvalue weighted by molar-refractivity contribution is 0.103. The topological polar surface area (TPSA) is 34.1 Å². The van der Waals surface area contributed by atoms with Crippen LogP contribution in [0.4, 0.5) is 0 Å². The van der Waals surface area contributed by atoms with Crippen molar-refractivity contribution in [2.24, 2.45) is 0 Å². The van der Waals surface area contributed by atoms with Gasteiger partial charge in [0.25, 0.3) is 0 Å². The lowest BCUT2D eigenvalue weighted by atomic mass is 9.90. The Hall–Kier alpha value is -3.78. The fraction of sp³-hybridized carbons (Fsp3) is 0.0714. The average molecular weight is 388 g/mol. The van der Waals surface area contributed by atoms with Gasteiger partial charge in [0.15, 0.2) is 11.6 Å². The molecule has 0 saturated heterocycles. The summed E-state index contributed by atoms with van der Waals surface area (Å²) in [6.07, 6.45) is 1.35. The van der Waals surface area contributed by atoms with Crippen molar-refractivity contribution in [3.05, 3.63) is 142 Å². The highest BCUT2D eigenvalue weighted by molar-refractivity contribution is 6.14. The van der Waals surface area contributed by atoms with E-state index < -0.39 is 0 Å². The third kappa shape index (κ3) is 3.27. The number of carbonyl (C=O) groups is 2. The maximum Gasteiger partial charge on any atom is 0.193 e. The number of carbonyl (C=O) groups excluding carboxylic acids is 2. The molecule has 0 aliphatic heterocycles. The molecule has 0 amide bonds. The van der Waals surface area contributed by atoms with E-state index in [2.05, 4.69) is 12.1 Å². The largest absolute Gasteiger partial charge is 0.289 e. The second kappa shape index (κ2) is 7.57. The summed E-state index contributed by atoms with van der Waals surface area (Å²) >= 11 is 0. The van der Waals surface area contributed by atoms with Gasteiger partial charge in [-0.25, -0.2) is 0 Å². The van der Waals surface area contributed by atoms with E-state index in [1.165, 1.54) is 11.1 Å². The molecule has 144 valence electrons. The van der Waals surface area contributed by atoms with E-state index in [0.717, 1.165) is 11.1 Å². The van der Waals surface area contributed by atoms with Gasteiger partial charge in [0.05, 0.1) is 0 Å². The molecule has 2 bridgehead atoms. The maximum atomic E-state index is 13.4. The normalized spacial score (nSPS) is 13.2. The van der Waals surface area contributed by atoms with Crippen molar-refractivity contribution in [3.63, 3.8) is 0 Å². The summed E-state index contributed by atoms with van der Waals surface area (Å²) in [4.78, 5) is 26.7. The van der Waals surface area contributed by atoms with Crippen molar-refractivity contribution in [3.8, 4) is 0 Å². The molecule has 0 aromatic heterocycles. The van der Waals surface area contributed by atoms with Gasteiger partial charge in [-0.05, 0) is 41.2 Å². The predicted molar refractivity (Wildman–Crippen MR) is 118 cm³/mol. The Morgan fingerprint density at radius 2 is 0.833 bits per heavy atom. The Balaban J connectivity index is 1.77. The summed E-state index contributed by atoms with van der Waals surface area (Å²) in [5, 5.41) is 0. The van der Waals surface area contributed by atoms with Gasteiger partial charge in [-0.1, -0.05) is 91.0 Å². The van der Waals surface area contributed by atoms with E-state index >= 15 is 0 Å². The average Bonchev–Trinajstić information content (AvgIpc) is 2.80. The molecule has 0 atom stereocenters. The van der Waals surface area contributed by atoms with Crippen LogP contribution in [0.25, 0.3) is 0 Å². The van der Waals surface area contributed by atoms with Crippen molar-refractivity contribution in [1.29, 1.82) is 0 Å². The quantitative estimate of drug-likeness (QED) is 0.344. The summed E-state index contributed by atoms with van der Waals surface area (Å²) in [5.41, 5.74) is 6.80. The number of benzene rings is 4. The van der Waals surface area contributed by atoms with Crippen molar-refractivity contribution in [1.82, 2.24) is 0 Å². The zero-order valence-electron chi connectivity index (χ0n) is 16.5. The minimum atomic E-state index is -0.0507. The molecule has 1 aliphatic rings. The van der Waals surface area contributed by atoms with E-state index in [1.807, 2.05) is 60.7 Å². The molecular formula is C28H20O2. The van der Waals surface area contributed by atoms with Crippen molar-refractivity contribution < 1.29 is 9.59 Å². The Labute approximate surface area is 175 Å². The van der Waals surface area contributed by atoms with Gasteiger partial charge in [0.1, 0.15) is 0 Å². The lowest BCUT2D eigenvalue weighted by Crippen LogP contribution is -2.08. The van der Waals surface area contributed by atoms with Crippen LogP contribution in [0.2, 0.25) is 0 Å². The summed E-state index contributed by atoms with van der Waals surface area (Å²) < 4.78 is 0. The molecule has 1 aliphatic carbocycles. The van der Waals surface area contributed by atoms with Crippen LogP contribution in [-0.2, 0) is 12.8 Å². The van der Waals surface area contributed by atoms with E-state index in [-0.39, 0.29) is 11.6 Å². The Bertz CT molecular complexity index is 1190. The lowest BCUT2D eigenvalue weighted by Gasteiger charge is -2.13. The smallest absolute Gasteiger partial charge is 0.193 e. The highest BCUT2D eigenvalue weighted by atomic mass is 16.1. The zero-order valence-corrected chi connectivity index (χ0v) is 16.5. The van der Waals surface area contributed by atoms with Gasteiger partial charge in [-0.2, -0.15) is 0 Å². The number of hydrogen-bond acceptors (Lipinski definition) is 2. The fourth-order valence-corrected chi connectivity index (χ4v) is 4.22.